The zero-order valence-corrected chi connectivity index (χ0v) is 24.6. The molecule has 7 heteroatoms. The summed E-state index contributed by atoms with van der Waals surface area (Å²) in [6.07, 6.45) is 0.543. The summed E-state index contributed by atoms with van der Waals surface area (Å²) in [5.41, 5.74) is 4.77. The maximum Gasteiger partial charge on any atom is 0.251 e. The SMILES string of the molecule is Cc1ccc(Cl)cc1-n1c(SCc2ccccc2)nnc1C(Cc1ccccc1)NC(=O)c1ccc2ccccc2c1. The van der Waals surface area contributed by atoms with Crippen LogP contribution in [-0.4, -0.2) is 20.7 Å². The molecule has 1 heterocycles. The number of halogens is 1. The summed E-state index contributed by atoms with van der Waals surface area (Å²) in [6.45, 7) is 2.04. The number of nitrogens with one attached hydrogen (secondary N) is 1. The molecule has 208 valence electrons. The number of fused-ring (bicyclic) bond motifs is 1. The molecule has 1 unspecified atom stereocenters. The van der Waals surface area contributed by atoms with Gasteiger partial charge in [-0.1, -0.05) is 120 Å². The molecule has 0 saturated heterocycles. The van der Waals surface area contributed by atoms with Crippen LogP contribution in [0.1, 0.15) is 38.9 Å². The van der Waals surface area contributed by atoms with Crippen molar-refractivity contribution in [2.24, 2.45) is 0 Å². The topological polar surface area (TPSA) is 59.8 Å². The normalized spacial score (nSPS) is 11.9. The highest BCUT2D eigenvalue weighted by Crippen LogP contribution is 2.32. The molecule has 6 aromatic rings. The highest BCUT2D eigenvalue weighted by atomic mass is 35.5. The molecule has 0 aliphatic heterocycles. The summed E-state index contributed by atoms with van der Waals surface area (Å²) in [5, 5.41) is 16.1. The average molecular weight is 589 g/mol. The smallest absolute Gasteiger partial charge is 0.251 e. The number of aryl methyl sites for hydroxylation is 1. The van der Waals surface area contributed by atoms with Crippen molar-refractivity contribution >= 4 is 40.0 Å². The zero-order valence-electron chi connectivity index (χ0n) is 23.1. The number of thioether (sulfide) groups is 1. The Kier molecular flexibility index (Phi) is 8.35. The van der Waals surface area contributed by atoms with Crippen molar-refractivity contribution in [2.45, 2.75) is 30.3 Å². The second-order valence-electron chi connectivity index (χ2n) is 10.2. The van der Waals surface area contributed by atoms with Crippen LogP contribution < -0.4 is 5.32 Å². The molecule has 0 radical (unpaired) electrons. The zero-order chi connectivity index (χ0) is 28.9. The van der Waals surface area contributed by atoms with Gasteiger partial charge in [0.25, 0.3) is 5.91 Å². The molecule has 0 aliphatic carbocycles. The standard InChI is InChI=1S/C35H29ClN4OS/c1-24-16-19-30(36)22-32(24)40-33(38-39-35(40)42-23-26-12-6-3-7-13-26)31(20-25-10-4-2-5-11-25)37-34(41)29-18-17-27-14-8-9-15-28(27)21-29/h2-19,21-22,31H,20,23H2,1H3,(H,37,41). The van der Waals surface area contributed by atoms with Crippen molar-refractivity contribution in [3.8, 4) is 5.69 Å². The Hall–Kier alpha value is -4.39. The van der Waals surface area contributed by atoms with Gasteiger partial charge in [-0.3, -0.25) is 9.36 Å². The number of hydrogen-bond acceptors (Lipinski definition) is 4. The lowest BCUT2D eigenvalue weighted by molar-refractivity contribution is 0.0934. The van der Waals surface area contributed by atoms with Gasteiger partial charge in [0.2, 0.25) is 0 Å². The number of carbonyl (C=O) groups is 1. The second-order valence-corrected chi connectivity index (χ2v) is 11.5. The fraction of sp³-hybridized carbons (Fsp3) is 0.114. The van der Waals surface area contributed by atoms with E-state index in [0.29, 0.717) is 22.8 Å². The monoisotopic (exact) mass is 588 g/mol. The first-order valence-corrected chi connectivity index (χ1v) is 15.1. The van der Waals surface area contributed by atoms with E-state index in [1.807, 2.05) is 109 Å². The highest BCUT2D eigenvalue weighted by molar-refractivity contribution is 7.98. The molecule has 1 aromatic heterocycles. The number of amides is 1. The number of benzene rings is 5. The van der Waals surface area contributed by atoms with Gasteiger partial charge in [-0.05, 0) is 65.1 Å². The third-order valence-corrected chi connectivity index (χ3v) is 8.43. The van der Waals surface area contributed by atoms with Gasteiger partial charge < -0.3 is 5.32 Å². The fourth-order valence-corrected chi connectivity index (χ4v) is 6.08. The Morgan fingerprint density at radius 2 is 1.50 bits per heavy atom. The molecule has 0 spiro atoms. The van der Waals surface area contributed by atoms with E-state index < -0.39 is 6.04 Å². The van der Waals surface area contributed by atoms with Crippen molar-refractivity contribution in [2.75, 3.05) is 0 Å². The third-order valence-electron chi connectivity index (χ3n) is 7.19. The predicted molar refractivity (Wildman–Crippen MR) is 171 cm³/mol. The van der Waals surface area contributed by atoms with Gasteiger partial charge in [0.1, 0.15) is 0 Å². The Bertz CT molecular complexity index is 1840. The maximum absolute atomic E-state index is 13.8. The Balaban J connectivity index is 1.41. The van der Waals surface area contributed by atoms with E-state index >= 15 is 0 Å². The van der Waals surface area contributed by atoms with Gasteiger partial charge in [-0.2, -0.15) is 0 Å². The fourth-order valence-electron chi connectivity index (χ4n) is 5.00. The molecule has 6 rings (SSSR count). The average Bonchev–Trinajstić information content (AvgIpc) is 3.45. The number of hydrogen-bond donors (Lipinski definition) is 1. The largest absolute Gasteiger partial charge is 0.342 e. The molecule has 0 bridgehead atoms. The molecule has 5 nitrogen and oxygen atoms in total. The minimum absolute atomic E-state index is 0.169. The molecule has 1 atom stereocenters. The number of aromatic nitrogens is 3. The van der Waals surface area contributed by atoms with Gasteiger partial charge in [-0.15, -0.1) is 10.2 Å². The van der Waals surface area contributed by atoms with Crippen LogP contribution >= 0.6 is 23.4 Å². The lowest BCUT2D eigenvalue weighted by atomic mass is 10.0. The van der Waals surface area contributed by atoms with Crippen LogP contribution in [-0.2, 0) is 12.2 Å². The lowest BCUT2D eigenvalue weighted by Crippen LogP contribution is -2.32. The quantitative estimate of drug-likeness (QED) is 0.172. The molecule has 0 saturated carbocycles. The maximum atomic E-state index is 13.8. The van der Waals surface area contributed by atoms with E-state index in [9.17, 15) is 4.79 Å². The summed E-state index contributed by atoms with van der Waals surface area (Å²) in [4.78, 5) is 13.8. The number of rotatable bonds is 9. The van der Waals surface area contributed by atoms with E-state index in [-0.39, 0.29) is 5.91 Å². The number of nitrogens with zero attached hydrogens (tertiary/aromatic N) is 3. The minimum Gasteiger partial charge on any atom is -0.342 e. The van der Waals surface area contributed by atoms with Crippen molar-refractivity contribution < 1.29 is 4.79 Å². The molecule has 42 heavy (non-hydrogen) atoms. The predicted octanol–water partition coefficient (Wildman–Crippen LogP) is 8.39. The second kappa shape index (κ2) is 12.6. The molecule has 0 aliphatic rings. The molecule has 1 amide bonds. The highest BCUT2D eigenvalue weighted by Gasteiger charge is 2.26. The van der Waals surface area contributed by atoms with Gasteiger partial charge >= 0.3 is 0 Å². The van der Waals surface area contributed by atoms with Crippen LogP contribution in [0.3, 0.4) is 0 Å². The minimum atomic E-state index is -0.455. The number of carbonyl (C=O) groups excluding carboxylic acids is 1. The van der Waals surface area contributed by atoms with E-state index in [0.717, 1.165) is 38.5 Å². The molecule has 0 fully saturated rings. The van der Waals surface area contributed by atoms with Crippen LogP contribution in [0.4, 0.5) is 0 Å². The van der Waals surface area contributed by atoms with Crippen LogP contribution in [0.5, 0.6) is 0 Å². The van der Waals surface area contributed by atoms with Crippen LogP contribution in [0.15, 0.2) is 126 Å². The molecule has 5 aromatic carbocycles. The van der Waals surface area contributed by atoms with Gasteiger partial charge in [0.05, 0.1) is 11.7 Å². The summed E-state index contributed by atoms with van der Waals surface area (Å²) in [6, 6.07) is 39.5. The van der Waals surface area contributed by atoms with E-state index in [4.69, 9.17) is 16.7 Å². The first-order chi connectivity index (χ1) is 20.5. The summed E-state index contributed by atoms with van der Waals surface area (Å²) >= 11 is 8.11. The first kappa shape index (κ1) is 27.8. The van der Waals surface area contributed by atoms with Crippen LogP contribution in [0.2, 0.25) is 5.02 Å². The summed E-state index contributed by atoms with van der Waals surface area (Å²) in [5.74, 6) is 1.21. The molecular formula is C35H29ClN4OS. The molecule has 1 N–H and O–H groups in total. The van der Waals surface area contributed by atoms with E-state index in [1.165, 1.54) is 5.56 Å². The third kappa shape index (κ3) is 6.25. The Morgan fingerprint density at radius 3 is 2.26 bits per heavy atom. The van der Waals surface area contributed by atoms with Gasteiger partial charge in [-0.25, -0.2) is 0 Å². The molecular weight excluding hydrogens is 560 g/mol. The van der Waals surface area contributed by atoms with Crippen molar-refractivity contribution in [3.05, 3.63) is 154 Å². The lowest BCUT2D eigenvalue weighted by Gasteiger charge is -2.21. The van der Waals surface area contributed by atoms with Crippen molar-refractivity contribution in [1.29, 1.82) is 0 Å². The van der Waals surface area contributed by atoms with Gasteiger partial charge in [0.15, 0.2) is 11.0 Å². The Morgan fingerprint density at radius 1 is 0.810 bits per heavy atom. The first-order valence-electron chi connectivity index (χ1n) is 13.8. The van der Waals surface area contributed by atoms with Crippen LogP contribution in [0.25, 0.3) is 16.5 Å². The summed E-state index contributed by atoms with van der Waals surface area (Å²) < 4.78 is 2.04. The van der Waals surface area contributed by atoms with Crippen LogP contribution in [0, 0.1) is 6.92 Å². The van der Waals surface area contributed by atoms with E-state index in [2.05, 4.69) is 34.7 Å². The van der Waals surface area contributed by atoms with E-state index in [1.54, 1.807) is 11.8 Å². The van der Waals surface area contributed by atoms with Crippen molar-refractivity contribution in [3.63, 3.8) is 0 Å². The van der Waals surface area contributed by atoms with Gasteiger partial charge in [0, 0.05) is 16.3 Å². The Labute approximate surface area is 254 Å². The summed E-state index contributed by atoms with van der Waals surface area (Å²) in [7, 11) is 0. The van der Waals surface area contributed by atoms with Crippen molar-refractivity contribution in [1.82, 2.24) is 20.1 Å².